The first-order chi connectivity index (χ1) is 42.2. The molecule has 16 nitrogen and oxygen atoms in total. The van der Waals surface area contributed by atoms with Gasteiger partial charge in [-0.05, 0) is 122 Å². The summed E-state index contributed by atoms with van der Waals surface area (Å²) in [6, 6.07) is 0. The summed E-state index contributed by atoms with van der Waals surface area (Å²) in [4.78, 5) is 58.3. The van der Waals surface area contributed by atoms with E-state index in [0.29, 0.717) is 19.3 Å². The molecule has 0 amide bonds. The number of carbonyl (C=O) groups excluding carboxylic acids is 3. The lowest BCUT2D eigenvalue weighted by Crippen LogP contribution is -2.30. The van der Waals surface area contributed by atoms with E-state index in [4.69, 9.17) is 32.3 Å². The van der Waals surface area contributed by atoms with Crippen LogP contribution in [0.1, 0.15) is 265 Å². The smallest absolute Gasteiger partial charge is 0.463 e. The topological polar surface area (TPSA) is 231 Å². The molecular weight excluding hydrogens is 1150 g/mol. The van der Waals surface area contributed by atoms with Gasteiger partial charge in [0.25, 0.3) is 0 Å². The molecule has 0 aromatic rings. The molecule has 0 saturated heterocycles. The number of esters is 3. The zero-order valence-corrected chi connectivity index (χ0v) is 56.0. The molecule has 0 radical (unpaired) electrons. The van der Waals surface area contributed by atoms with Crippen LogP contribution in [0.25, 0.3) is 0 Å². The molecule has 0 spiro atoms. The Morgan fingerprint density at radius 2 is 0.598 bits per heavy atom. The SMILES string of the molecule is CCC/C=C\C/C=C\CCCCCCCC(=O)OC(COC(=O)CCCCCCCC/C=C\C/C=C\C/C=C\CCCCC)COP(=O)(O)OCC(O)COP(=O)(O)OCC(O)COC(=O)CCCCCCCC/C=C\C/C=C\C/C=C\CCCCC. The summed E-state index contributed by atoms with van der Waals surface area (Å²) < 4.78 is 60.8. The van der Waals surface area contributed by atoms with Gasteiger partial charge >= 0.3 is 33.6 Å². The minimum atomic E-state index is -4.93. The first-order valence-electron chi connectivity index (χ1n) is 33.5. The number of aliphatic hydroxyl groups excluding tert-OH is 2. The number of hydrogen-bond acceptors (Lipinski definition) is 14. The van der Waals surface area contributed by atoms with Crippen molar-refractivity contribution >= 4 is 33.6 Å². The number of aliphatic hydroxyl groups is 2. The van der Waals surface area contributed by atoms with Gasteiger partial charge in [-0.15, -0.1) is 0 Å². The molecule has 0 aliphatic carbocycles. The lowest BCUT2D eigenvalue weighted by Gasteiger charge is -2.21. The number of hydrogen-bond donors (Lipinski definition) is 4. The average molecular weight is 1270 g/mol. The van der Waals surface area contributed by atoms with Crippen molar-refractivity contribution in [3.63, 3.8) is 0 Å². The molecule has 87 heavy (non-hydrogen) atoms. The molecule has 0 aliphatic heterocycles. The number of ether oxygens (including phenoxy) is 3. The second kappa shape index (κ2) is 62.7. The van der Waals surface area contributed by atoms with Crippen LogP contribution in [-0.2, 0) is 55.8 Å². The van der Waals surface area contributed by atoms with Gasteiger partial charge in [-0.25, -0.2) is 9.13 Å². The highest BCUT2D eigenvalue weighted by molar-refractivity contribution is 7.47. The molecule has 0 aromatic heterocycles. The van der Waals surface area contributed by atoms with Gasteiger partial charge in [0.2, 0.25) is 0 Å². The number of phosphoric acid groups is 2. The highest BCUT2D eigenvalue weighted by Crippen LogP contribution is 2.45. The lowest BCUT2D eigenvalue weighted by atomic mass is 10.1. The van der Waals surface area contributed by atoms with Gasteiger partial charge in [0, 0.05) is 19.3 Å². The van der Waals surface area contributed by atoms with Crippen LogP contribution < -0.4 is 0 Å². The average Bonchev–Trinajstić information content (AvgIpc) is 3.59. The van der Waals surface area contributed by atoms with Crippen molar-refractivity contribution in [2.24, 2.45) is 0 Å². The van der Waals surface area contributed by atoms with E-state index in [1.54, 1.807) is 0 Å². The highest BCUT2D eigenvalue weighted by Gasteiger charge is 2.29. The molecule has 0 heterocycles. The van der Waals surface area contributed by atoms with Crippen molar-refractivity contribution in [1.29, 1.82) is 0 Å². The zero-order chi connectivity index (χ0) is 63.8. The van der Waals surface area contributed by atoms with Crippen molar-refractivity contribution in [2.45, 2.75) is 283 Å². The van der Waals surface area contributed by atoms with Crippen LogP contribution in [0.4, 0.5) is 0 Å². The molecule has 502 valence electrons. The largest absolute Gasteiger partial charge is 0.472 e. The van der Waals surface area contributed by atoms with E-state index in [1.807, 2.05) is 0 Å². The van der Waals surface area contributed by atoms with Crippen molar-refractivity contribution in [3.8, 4) is 0 Å². The molecular formula is C69H120O16P2. The molecule has 4 N–H and O–H groups in total. The van der Waals surface area contributed by atoms with Crippen molar-refractivity contribution in [1.82, 2.24) is 0 Å². The third-order valence-corrected chi connectivity index (χ3v) is 15.6. The van der Waals surface area contributed by atoms with E-state index in [9.17, 15) is 43.5 Å². The first-order valence-corrected chi connectivity index (χ1v) is 36.5. The predicted octanol–water partition coefficient (Wildman–Crippen LogP) is 18.3. The van der Waals surface area contributed by atoms with Gasteiger partial charge in [-0.1, -0.05) is 221 Å². The van der Waals surface area contributed by atoms with Crippen molar-refractivity contribution in [2.75, 3.05) is 39.6 Å². The molecule has 0 fully saturated rings. The maximum absolute atomic E-state index is 12.9. The van der Waals surface area contributed by atoms with Crippen LogP contribution in [0, 0.1) is 0 Å². The number of phosphoric ester groups is 2. The molecule has 0 aromatic carbocycles. The summed E-state index contributed by atoms with van der Waals surface area (Å²) in [6.07, 6.45) is 67.4. The van der Waals surface area contributed by atoms with Gasteiger partial charge in [-0.3, -0.25) is 32.5 Å². The van der Waals surface area contributed by atoms with E-state index in [2.05, 4.69) is 118 Å². The summed E-state index contributed by atoms with van der Waals surface area (Å²) in [7, 11) is -9.78. The summed E-state index contributed by atoms with van der Waals surface area (Å²) in [6.45, 7) is 2.49. The molecule has 18 heteroatoms. The van der Waals surface area contributed by atoms with Crippen LogP contribution in [0.3, 0.4) is 0 Å². The van der Waals surface area contributed by atoms with Crippen molar-refractivity contribution in [3.05, 3.63) is 97.2 Å². The highest BCUT2D eigenvalue weighted by atomic mass is 31.2. The van der Waals surface area contributed by atoms with Crippen LogP contribution in [0.15, 0.2) is 97.2 Å². The van der Waals surface area contributed by atoms with E-state index in [-0.39, 0.29) is 19.3 Å². The third-order valence-electron chi connectivity index (χ3n) is 13.7. The molecule has 0 aliphatic rings. The Morgan fingerprint density at radius 1 is 0.322 bits per heavy atom. The normalized spacial score (nSPS) is 14.9. The Balaban J connectivity index is 4.68. The fourth-order valence-electron chi connectivity index (χ4n) is 8.56. The monoisotopic (exact) mass is 1270 g/mol. The Kier molecular flexibility index (Phi) is 60.1. The first kappa shape index (κ1) is 83.5. The minimum absolute atomic E-state index is 0.0837. The fourth-order valence-corrected chi connectivity index (χ4v) is 10.1. The number of unbranched alkanes of at least 4 members (excludes halogenated alkanes) is 24. The summed E-state index contributed by atoms with van der Waals surface area (Å²) in [5.74, 6) is -1.62. The van der Waals surface area contributed by atoms with Gasteiger partial charge in [0.15, 0.2) is 6.10 Å². The summed E-state index contributed by atoms with van der Waals surface area (Å²) in [5, 5.41) is 20.5. The second-order valence-corrected chi connectivity index (χ2v) is 25.2. The number of rotatable bonds is 63. The number of carbonyl (C=O) groups is 3. The summed E-state index contributed by atoms with van der Waals surface area (Å²) >= 11 is 0. The van der Waals surface area contributed by atoms with E-state index in [0.717, 1.165) is 161 Å². The molecule has 0 rings (SSSR count). The molecule has 0 bridgehead atoms. The molecule has 5 unspecified atom stereocenters. The van der Waals surface area contributed by atoms with E-state index in [1.165, 1.54) is 44.9 Å². The standard InChI is InChI=1S/C69H120O16P2/c1-4-7-10-13-16-19-22-25-27-29-31-33-35-38-40-43-46-49-52-55-67(72)79-58-64(70)59-81-86(75,76)82-60-65(71)61-83-87(77,78)84-63-66(85-69(74)57-54-51-48-45-42-37-24-21-18-15-12-9-6-3)62-80-68(73)56-53-50-47-44-41-39-36-34-32-30-28-26-23-20-17-14-11-8-5-2/h12,15-17,19-21,24-28,31-34,64-66,70-71H,4-11,13-14,18,22-23,29-30,35-63H2,1-3H3,(H,75,76)(H,77,78)/b15-12-,19-16-,20-17-,24-21-,27-25-,28-26-,33-31-,34-32-. The van der Waals surface area contributed by atoms with Gasteiger partial charge in [0.05, 0.1) is 26.4 Å². The quantitative estimate of drug-likeness (QED) is 0.0146. The lowest BCUT2D eigenvalue weighted by molar-refractivity contribution is -0.161. The van der Waals surface area contributed by atoms with Crippen LogP contribution in [0.2, 0.25) is 0 Å². The fraction of sp³-hybridized carbons (Fsp3) is 0.725. The second-order valence-electron chi connectivity index (χ2n) is 22.3. The number of allylic oxidation sites excluding steroid dienone is 16. The van der Waals surface area contributed by atoms with Gasteiger partial charge < -0.3 is 34.2 Å². The van der Waals surface area contributed by atoms with Crippen LogP contribution in [-0.4, -0.2) is 95.9 Å². The Morgan fingerprint density at radius 3 is 0.954 bits per heavy atom. The molecule has 0 saturated carbocycles. The van der Waals surface area contributed by atoms with Crippen LogP contribution >= 0.6 is 15.6 Å². The Bertz CT molecular complexity index is 1980. The van der Waals surface area contributed by atoms with Crippen molar-refractivity contribution < 1.29 is 75.8 Å². The minimum Gasteiger partial charge on any atom is -0.463 e. The summed E-state index contributed by atoms with van der Waals surface area (Å²) in [5.41, 5.74) is 0. The Labute approximate surface area is 527 Å². The third kappa shape index (κ3) is 63.8. The van der Waals surface area contributed by atoms with E-state index >= 15 is 0 Å². The van der Waals surface area contributed by atoms with E-state index < -0.39 is 91.5 Å². The van der Waals surface area contributed by atoms with Gasteiger partial charge in [-0.2, -0.15) is 0 Å². The molecule has 5 atom stereocenters. The predicted molar refractivity (Wildman–Crippen MR) is 353 cm³/mol. The Hall–Kier alpha value is -3.53. The zero-order valence-electron chi connectivity index (χ0n) is 54.2. The maximum atomic E-state index is 12.9. The van der Waals surface area contributed by atoms with Crippen LogP contribution in [0.5, 0.6) is 0 Å². The maximum Gasteiger partial charge on any atom is 0.472 e. The van der Waals surface area contributed by atoms with Gasteiger partial charge in [0.1, 0.15) is 25.4 Å².